The molecular formula is C21H20N2O3S. The molecule has 0 radical (unpaired) electrons. The second-order valence-corrected chi connectivity index (χ2v) is 8.32. The van der Waals surface area contributed by atoms with E-state index >= 15 is 0 Å². The number of carbonyl (C=O) groups is 1. The predicted octanol–water partition coefficient (Wildman–Crippen LogP) is 3.39. The standard InChI is InChI=1S/C21H20N2O3S/c1-15-8-9-18(13-20(15)27(2,25)26)21(24)23-14-19-12-17(10-11-22-19)16-6-4-3-5-7-16/h3-13H,14H2,1-2H3,(H,23,24). The molecule has 6 heteroatoms. The molecule has 0 fully saturated rings. The van der Waals surface area contributed by atoms with Gasteiger partial charge in [-0.25, -0.2) is 8.42 Å². The molecule has 1 amide bonds. The van der Waals surface area contributed by atoms with Gasteiger partial charge in [-0.05, 0) is 47.9 Å². The van der Waals surface area contributed by atoms with Gasteiger partial charge >= 0.3 is 0 Å². The largest absolute Gasteiger partial charge is 0.346 e. The summed E-state index contributed by atoms with van der Waals surface area (Å²) in [5, 5.41) is 2.80. The highest BCUT2D eigenvalue weighted by molar-refractivity contribution is 7.90. The molecule has 1 N–H and O–H groups in total. The molecule has 5 nitrogen and oxygen atoms in total. The van der Waals surface area contributed by atoms with Crippen LogP contribution in [-0.2, 0) is 16.4 Å². The van der Waals surface area contributed by atoms with Crippen LogP contribution in [0.15, 0.2) is 71.8 Å². The summed E-state index contributed by atoms with van der Waals surface area (Å²) < 4.78 is 23.7. The van der Waals surface area contributed by atoms with E-state index in [1.807, 2.05) is 42.5 Å². The fraction of sp³-hybridized carbons (Fsp3) is 0.143. The first kappa shape index (κ1) is 18.8. The lowest BCUT2D eigenvalue weighted by molar-refractivity contribution is 0.0950. The maximum atomic E-state index is 12.4. The number of hydrogen-bond acceptors (Lipinski definition) is 4. The average Bonchev–Trinajstić information content (AvgIpc) is 2.66. The fourth-order valence-corrected chi connectivity index (χ4v) is 3.79. The molecule has 0 aliphatic heterocycles. The summed E-state index contributed by atoms with van der Waals surface area (Å²) in [6, 6.07) is 18.4. The van der Waals surface area contributed by atoms with Gasteiger partial charge in [0.25, 0.3) is 5.91 Å². The van der Waals surface area contributed by atoms with Crippen LogP contribution >= 0.6 is 0 Å². The summed E-state index contributed by atoms with van der Waals surface area (Å²) in [5.41, 5.74) is 3.74. The quantitative estimate of drug-likeness (QED) is 0.736. The smallest absolute Gasteiger partial charge is 0.251 e. The molecule has 1 heterocycles. The van der Waals surface area contributed by atoms with Crippen molar-refractivity contribution in [1.82, 2.24) is 10.3 Å². The lowest BCUT2D eigenvalue weighted by Gasteiger charge is -2.09. The van der Waals surface area contributed by atoms with E-state index in [-0.39, 0.29) is 17.3 Å². The van der Waals surface area contributed by atoms with Gasteiger partial charge in [0.15, 0.2) is 9.84 Å². The number of pyridine rings is 1. The third kappa shape index (κ3) is 4.60. The second kappa shape index (κ2) is 7.72. The van der Waals surface area contributed by atoms with Gasteiger partial charge in [0.1, 0.15) is 0 Å². The van der Waals surface area contributed by atoms with Gasteiger partial charge in [0.05, 0.1) is 17.1 Å². The Balaban J connectivity index is 1.75. The maximum absolute atomic E-state index is 12.4. The number of rotatable bonds is 5. The third-order valence-electron chi connectivity index (χ3n) is 4.20. The van der Waals surface area contributed by atoms with Crippen LogP contribution < -0.4 is 5.32 Å². The minimum absolute atomic E-state index is 0.166. The Labute approximate surface area is 159 Å². The minimum atomic E-state index is -3.39. The second-order valence-electron chi connectivity index (χ2n) is 6.34. The first-order chi connectivity index (χ1) is 12.8. The Morgan fingerprint density at radius 3 is 2.44 bits per heavy atom. The van der Waals surface area contributed by atoms with Crippen molar-refractivity contribution in [2.24, 2.45) is 0 Å². The van der Waals surface area contributed by atoms with Crippen molar-refractivity contribution in [2.45, 2.75) is 18.4 Å². The Morgan fingerprint density at radius 1 is 1.00 bits per heavy atom. The monoisotopic (exact) mass is 380 g/mol. The minimum Gasteiger partial charge on any atom is -0.346 e. The summed E-state index contributed by atoms with van der Waals surface area (Å²) in [4.78, 5) is 16.9. The summed E-state index contributed by atoms with van der Waals surface area (Å²) >= 11 is 0. The molecule has 0 spiro atoms. The predicted molar refractivity (Wildman–Crippen MR) is 105 cm³/mol. The topological polar surface area (TPSA) is 76.1 Å². The average molecular weight is 380 g/mol. The van der Waals surface area contributed by atoms with E-state index in [0.717, 1.165) is 23.1 Å². The summed E-state index contributed by atoms with van der Waals surface area (Å²) in [6.45, 7) is 1.96. The van der Waals surface area contributed by atoms with E-state index in [1.54, 1.807) is 25.3 Å². The first-order valence-corrected chi connectivity index (χ1v) is 10.3. The van der Waals surface area contributed by atoms with E-state index in [9.17, 15) is 13.2 Å². The molecule has 1 aromatic heterocycles. The number of hydrogen-bond donors (Lipinski definition) is 1. The van der Waals surface area contributed by atoms with Crippen LogP contribution in [0.25, 0.3) is 11.1 Å². The van der Waals surface area contributed by atoms with Crippen LogP contribution in [0.1, 0.15) is 21.6 Å². The van der Waals surface area contributed by atoms with Gasteiger partial charge in [0, 0.05) is 18.0 Å². The molecule has 0 saturated carbocycles. The number of nitrogens with one attached hydrogen (secondary N) is 1. The molecule has 3 rings (SSSR count). The Hall–Kier alpha value is -2.99. The molecule has 0 aliphatic carbocycles. The van der Waals surface area contributed by atoms with E-state index in [2.05, 4.69) is 10.3 Å². The molecule has 0 atom stereocenters. The Morgan fingerprint density at radius 2 is 1.74 bits per heavy atom. The van der Waals surface area contributed by atoms with E-state index < -0.39 is 9.84 Å². The molecule has 0 aliphatic rings. The van der Waals surface area contributed by atoms with Crippen LogP contribution in [0.3, 0.4) is 0 Å². The van der Waals surface area contributed by atoms with Crippen LogP contribution in [0.5, 0.6) is 0 Å². The maximum Gasteiger partial charge on any atom is 0.251 e. The Bertz CT molecular complexity index is 1080. The van der Waals surface area contributed by atoms with E-state index in [4.69, 9.17) is 0 Å². The molecular weight excluding hydrogens is 360 g/mol. The molecule has 138 valence electrons. The zero-order chi connectivity index (χ0) is 19.4. The highest BCUT2D eigenvalue weighted by atomic mass is 32.2. The van der Waals surface area contributed by atoms with E-state index in [1.165, 1.54) is 6.07 Å². The molecule has 0 unspecified atom stereocenters. The number of aromatic nitrogens is 1. The number of nitrogens with zero attached hydrogens (tertiary/aromatic N) is 1. The van der Waals surface area contributed by atoms with E-state index in [0.29, 0.717) is 11.1 Å². The van der Waals surface area contributed by atoms with Crippen molar-refractivity contribution >= 4 is 15.7 Å². The zero-order valence-electron chi connectivity index (χ0n) is 15.1. The van der Waals surface area contributed by atoms with Gasteiger partial charge in [-0.1, -0.05) is 36.4 Å². The highest BCUT2D eigenvalue weighted by Gasteiger charge is 2.14. The van der Waals surface area contributed by atoms with Crippen LogP contribution in [0, 0.1) is 6.92 Å². The summed E-state index contributed by atoms with van der Waals surface area (Å²) in [5.74, 6) is -0.341. The normalized spacial score (nSPS) is 11.2. The highest BCUT2D eigenvalue weighted by Crippen LogP contribution is 2.19. The summed E-state index contributed by atoms with van der Waals surface area (Å²) in [7, 11) is -3.39. The molecule has 0 saturated heterocycles. The molecule has 0 bridgehead atoms. The first-order valence-electron chi connectivity index (χ1n) is 8.44. The van der Waals surface area contributed by atoms with Crippen molar-refractivity contribution in [3.63, 3.8) is 0 Å². The summed E-state index contributed by atoms with van der Waals surface area (Å²) in [6.07, 6.45) is 2.84. The fourth-order valence-electron chi connectivity index (χ4n) is 2.80. The molecule has 2 aromatic carbocycles. The van der Waals surface area contributed by atoms with Crippen LogP contribution in [0.2, 0.25) is 0 Å². The van der Waals surface area contributed by atoms with Crippen molar-refractivity contribution < 1.29 is 13.2 Å². The number of sulfone groups is 1. The Kier molecular flexibility index (Phi) is 5.37. The SMILES string of the molecule is Cc1ccc(C(=O)NCc2cc(-c3ccccc3)ccn2)cc1S(C)(=O)=O. The number of carbonyl (C=O) groups excluding carboxylic acids is 1. The van der Waals surface area contributed by atoms with Gasteiger partial charge in [-0.3, -0.25) is 9.78 Å². The third-order valence-corrected chi connectivity index (χ3v) is 5.44. The van der Waals surface area contributed by atoms with Crippen molar-refractivity contribution in [3.8, 4) is 11.1 Å². The lowest BCUT2D eigenvalue weighted by Crippen LogP contribution is -2.23. The zero-order valence-corrected chi connectivity index (χ0v) is 16.0. The van der Waals surface area contributed by atoms with Crippen molar-refractivity contribution in [3.05, 3.63) is 83.7 Å². The van der Waals surface area contributed by atoms with Gasteiger partial charge in [-0.15, -0.1) is 0 Å². The number of aryl methyl sites for hydroxylation is 1. The van der Waals surface area contributed by atoms with Crippen LogP contribution in [-0.4, -0.2) is 25.6 Å². The number of amides is 1. The van der Waals surface area contributed by atoms with Gasteiger partial charge in [0.2, 0.25) is 0 Å². The molecule has 3 aromatic rings. The number of benzene rings is 2. The van der Waals surface area contributed by atoms with Crippen molar-refractivity contribution in [1.29, 1.82) is 0 Å². The molecule has 27 heavy (non-hydrogen) atoms. The lowest BCUT2D eigenvalue weighted by atomic mass is 10.1. The van der Waals surface area contributed by atoms with Crippen molar-refractivity contribution in [2.75, 3.05) is 6.26 Å². The van der Waals surface area contributed by atoms with Crippen LogP contribution in [0.4, 0.5) is 0 Å². The van der Waals surface area contributed by atoms with Gasteiger partial charge < -0.3 is 5.32 Å². The van der Waals surface area contributed by atoms with Gasteiger partial charge in [-0.2, -0.15) is 0 Å².